The van der Waals surface area contributed by atoms with E-state index in [4.69, 9.17) is 5.11 Å². The molecular weight excluding hydrogens is 322 g/mol. The van der Waals surface area contributed by atoms with Gasteiger partial charge in [0.05, 0.1) is 18.8 Å². The van der Waals surface area contributed by atoms with Crippen molar-refractivity contribution in [3.8, 4) is 0 Å². The van der Waals surface area contributed by atoms with Crippen LogP contribution in [-0.4, -0.2) is 65.4 Å². The van der Waals surface area contributed by atoms with E-state index in [1.54, 1.807) is 22.9 Å². The zero-order chi connectivity index (χ0) is 17.2. The second-order valence-electron chi connectivity index (χ2n) is 6.18. The first-order valence-electron chi connectivity index (χ1n) is 8.37. The molecule has 1 saturated heterocycles. The molecule has 0 radical (unpaired) electrons. The highest BCUT2D eigenvalue weighted by molar-refractivity contribution is 5.93. The molecule has 0 bridgehead atoms. The summed E-state index contributed by atoms with van der Waals surface area (Å²) < 4.78 is 3.21. The van der Waals surface area contributed by atoms with Crippen LogP contribution in [-0.2, 0) is 6.54 Å². The zero-order valence-corrected chi connectivity index (χ0v) is 13.7. The SMILES string of the molecule is O=C(c1cccc2nnnn12)N1CCCC(c2ccn(CCO)n2)C1. The van der Waals surface area contributed by atoms with Gasteiger partial charge in [0, 0.05) is 25.2 Å². The van der Waals surface area contributed by atoms with Gasteiger partial charge in [0.2, 0.25) is 0 Å². The third-order valence-corrected chi connectivity index (χ3v) is 4.56. The molecule has 1 atom stereocenters. The Balaban J connectivity index is 1.54. The minimum absolute atomic E-state index is 0.0618. The van der Waals surface area contributed by atoms with Crippen molar-refractivity contribution in [1.29, 1.82) is 0 Å². The van der Waals surface area contributed by atoms with Gasteiger partial charge in [0.1, 0.15) is 5.69 Å². The van der Waals surface area contributed by atoms with E-state index in [2.05, 4.69) is 20.6 Å². The van der Waals surface area contributed by atoms with Crippen molar-refractivity contribution in [3.05, 3.63) is 41.9 Å². The maximum atomic E-state index is 12.9. The van der Waals surface area contributed by atoms with E-state index in [9.17, 15) is 4.79 Å². The third-order valence-electron chi connectivity index (χ3n) is 4.56. The van der Waals surface area contributed by atoms with Gasteiger partial charge in [-0.15, -0.1) is 5.10 Å². The number of fused-ring (bicyclic) bond motifs is 1. The molecule has 1 fully saturated rings. The van der Waals surface area contributed by atoms with Crippen LogP contribution in [0.1, 0.15) is 34.9 Å². The van der Waals surface area contributed by atoms with Gasteiger partial charge in [-0.1, -0.05) is 6.07 Å². The number of amides is 1. The minimum Gasteiger partial charge on any atom is -0.394 e. The van der Waals surface area contributed by atoms with E-state index in [0.717, 1.165) is 18.5 Å². The van der Waals surface area contributed by atoms with E-state index in [-0.39, 0.29) is 18.4 Å². The van der Waals surface area contributed by atoms with Crippen LogP contribution in [0.5, 0.6) is 0 Å². The third kappa shape index (κ3) is 2.98. The van der Waals surface area contributed by atoms with Crippen molar-refractivity contribution in [2.75, 3.05) is 19.7 Å². The predicted octanol–water partition coefficient (Wildman–Crippen LogP) is 0.333. The first-order valence-corrected chi connectivity index (χ1v) is 8.37. The second-order valence-corrected chi connectivity index (χ2v) is 6.18. The van der Waals surface area contributed by atoms with Crippen LogP contribution in [0, 0.1) is 0 Å². The lowest BCUT2D eigenvalue weighted by Crippen LogP contribution is -2.40. The molecule has 1 unspecified atom stereocenters. The molecule has 1 N–H and O–H groups in total. The maximum Gasteiger partial charge on any atom is 0.272 e. The number of rotatable bonds is 4. The molecule has 0 spiro atoms. The number of pyridine rings is 1. The standard InChI is InChI=1S/C16H19N7O2/c24-10-9-22-8-6-13(18-22)12-3-2-7-21(11-12)16(25)14-4-1-5-15-17-19-20-23(14)15/h1,4-6,8,12,24H,2-3,7,9-11H2. The summed E-state index contributed by atoms with van der Waals surface area (Å²) in [7, 11) is 0. The normalized spacial score (nSPS) is 18.0. The number of piperidine rings is 1. The molecule has 4 heterocycles. The number of aliphatic hydroxyl groups is 1. The Morgan fingerprint density at radius 1 is 1.32 bits per heavy atom. The molecule has 3 aromatic heterocycles. The lowest BCUT2D eigenvalue weighted by molar-refractivity contribution is 0.0696. The van der Waals surface area contributed by atoms with Crippen LogP contribution in [0.25, 0.3) is 5.65 Å². The quantitative estimate of drug-likeness (QED) is 0.734. The van der Waals surface area contributed by atoms with E-state index in [1.807, 2.05) is 17.2 Å². The van der Waals surface area contributed by atoms with Crippen LogP contribution in [0.4, 0.5) is 0 Å². The van der Waals surface area contributed by atoms with Crippen molar-refractivity contribution in [3.63, 3.8) is 0 Å². The Morgan fingerprint density at radius 3 is 3.12 bits per heavy atom. The number of nitrogens with zero attached hydrogens (tertiary/aromatic N) is 7. The Morgan fingerprint density at radius 2 is 2.24 bits per heavy atom. The van der Waals surface area contributed by atoms with Crippen molar-refractivity contribution < 1.29 is 9.90 Å². The lowest BCUT2D eigenvalue weighted by Gasteiger charge is -2.32. The Hall–Kier alpha value is -2.81. The van der Waals surface area contributed by atoms with Gasteiger partial charge in [-0.2, -0.15) is 9.61 Å². The molecule has 1 aliphatic rings. The van der Waals surface area contributed by atoms with Crippen LogP contribution in [0.3, 0.4) is 0 Å². The molecule has 1 aliphatic heterocycles. The number of aliphatic hydroxyl groups excluding tert-OH is 1. The summed E-state index contributed by atoms with van der Waals surface area (Å²) in [5.74, 6) is 0.128. The van der Waals surface area contributed by atoms with Crippen molar-refractivity contribution in [2.24, 2.45) is 0 Å². The molecule has 0 aliphatic carbocycles. The fourth-order valence-electron chi connectivity index (χ4n) is 3.31. The zero-order valence-electron chi connectivity index (χ0n) is 13.7. The lowest BCUT2D eigenvalue weighted by atomic mass is 9.94. The molecule has 9 heteroatoms. The monoisotopic (exact) mass is 341 g/mol. The van der Waals surface area contributed by atoms with Gasteiger partial charge in [-0.3, -0.25) is 9.48 Å². The van der Waals surface area contributed by atoms with Crippen LogP contribution in [0.15, 0.2) is 30.5 Å². The summed E-state index contributed by atoms with van der Waals surface area (Å²) in [6, 6.07) is 7.27. The molecule has 4 rings (SSSR count). The minimum atomic E-state index is -0.0719. The van der Waals surface area contributed by atoms with Gasteiger partial charge in [0.15, 0.2) is 5.65 Å². The van der Waals surface area contributed by atoms with E-state index >= 15 is 0 Å². The molecule has 1 amide bonds. The summed E-state index contributed by atoms with van der Waals surface area (Å²) in [4.78, 5) is 14.8. The fourth-order valence-corrected chi connectivity index (χ4v) is 3.31. The molecule has 25 heavy (non-hydrogen) atoms. The summed E-state index contributed by atoms with van der Waals surface area (Å²) in [6.07, 6.45) is 3.79. The molecule has 9 nitrogen and oxygen atoms in total. The number of likely N-dealkylation sites (tertiary alicyclic amines) is 1. The van der Waals surface area contributed by atoms with Crippen molar-refractivity contribution in [1.82, 2.24) is 34.7 Å². The number of aromatic nitrogens is 6. The Kier molecular flexibility index (Phi) is 4.14. The summed E-state index contributed by atoms with van der Waals surface area (Å²) in [5, 5.41) is 25.0. The Labute approximate surface area is 143 Å². The number of carbonyl (C=O) groups excluding carboxylic acids is 1. The molecule has 130 valence electrons. The number of carbonyl (C=O) groups is 1. The average Bonchev–Trinajstić information content (AvgIpc) is 3.30. The fraction of sp³-hybridized carbons (Fsp3) is 0.438. The summed E-state index contributed by atoms with van der Waals surface area (Å²) in [5.41, 5.74) is 1.99. The first kappa shape index (κ1) is 15.7. The topological polar surface area (TPSA) is 101 Å². The van der Waals surface area contributed by atoms with Gasteiger partial charge >= 0.3 is 0 Å². The second kappa shape index (κ2) is 6.60. The highest BCUT2D eigenvalue weighted by atomic mass is 16.3. The van der Waals surface area contributed by atoms with E-state index in [0.29, 0.717) is 31.0 Å². The highest BCUT2D eigenvalue weighted by Gasteiger charge is 2.28. The van der Waals surface area contributed by atoms with Gasteiger partial charge in [-0.05, 0) is 41.5 Å². The van der Waals surface area contributed by atoms with Gasteiger partial charge < -0.3 is 10.0 Å². The summed E-state index contributed by atoms with van der Waals surface area (Å²) in [6.45, 7) is 1.88. The highest BCUT2D eigenvalue weighted by Crippen LogP contribution is 2.26. The first-order chi connectivity index (χ1) is 12.3. The van der Waals surface area contributed by atoms with E-state index in [1.165, 1.54) is 4.52 Å². The van der Waals surface area contributed by atoms with E-state index < -0.39 is 0 Å². The van der Waals surface area contributed by atoms with Crippen molar-refractivity contribution in [2.45, 2.75) is 25.3 Å². The number of hydrogen-bond donors (Lipinski definition) is 1. The van der Waals surface area contributed by atoms with Crippen LogP contribution in [0.2, 0.25) is 0 Å². The van der Waals surface area contributed by atoms with Crippen molar-refractivity contribution >= 4 is 11.6 Å². The average molecular weight is 341 g/mol. The number of tetrazole rings is 1. The smallest absolute Gasteiger partial charge is 0.272 e. The van der Waals surface area contributed by atoms with Crippen LogP contribution < -0.4 is 0 Å². The predicted molar refractivity (Wildman–Crippen MR) is 88.0 cm³/mol. The number of hydrogen-bond acceptors (Lipinski definition) is 6. The molecular formula is C16H19N7O2. The molecule has 0 aromatic carbocycles. The molecule has 0 saturated carbocycles. The maximum absolute atomic E-state index is 12.9. The molecule has 3 aromatic rings. The Bertz CT molecular complexity index is 887. The van der Waals surface area contributed by atoms with Crippen LogP contribution >= 0.6 is 0 Å². The van der Waals surface area contributed by atoms with Gasteiger partial charge in [-0.25, -0.2) is 0 Å². The largest absolute Gasteiger partial charge is 0.394 e. The summed E-state index contributed by atoms with van der Waals surface area (Å²) >= 11 is 0. The van der Waals surface area contributed by atoms with Gasteiger partial charge in [0.25, 0.3) is 5.91 Å².